The molecule has 0 N–H and O–H groups in total. The SMILES string of the molecule is C1=C(C2=CCCCCCC2)CCCC1. The lowest BCUT2D eigenvalue weighted by molar-refractivity contribution is 0.618. The van der Waals surface area contributed by atoms with Crippen molar-refractivity contribution in [3.05, 3.63) is 23.3 Å². The Morgan fingerprint density at radius 3 is 1.71 bits per heavy atom. The molecule has 0 bridgehead atoms. The molecule has 0 unspecified atom stereocenters. The van der Waals surface area contributed by atoms with E-state index in [0.717, 1.165) is 0 Å². The second kappa shape index (κ2) is 5.38. The molecule has 2 rings (SSSR count). The second-order valence-corrected chi connectivity index (χ2v) is 4.66. The Hall–Kier alpha value is -0.520. The van der Waals surface area contributed by atoms with Gasteiger partial charge in [-0.3, -0.25) is 0 Å². The van der Waals surface area contributed by atoms with E-state index in [-0.39, 0.29) is 0 Å². The van der Waals surface area contributed by atoms with Crippen LogP contribution in [0.25, 0.3) is 0 Å². The van der Waals surface area contributed by atoms with Gasteiger partial charge in [-0.05, 0) is 62.5 Å². The van der Waals surface area contributed by atoms with Gasteiger partial charge in [0.2, 0.25) is 0 Å². The zero-order valence-corrected chi connectivity index (χ0v) is 9.23. The van der Waals surface area contributed by atoms with Crippen molar-refractivity contribution in [2.45, 2.75) is 64.2 Å². The molecular formula is C14H22. The smallest absolute Gasteiger partial charge is 0.0279 e. The highest BCUT2D eigenvalue weighted by Crippen LogP contribution is 2.29. The van der Waals surface area contributed by atoms with Gasteiger partial charge in [0, 0.05) is 0 Å². The van der Waals surface area contributed by atoms with E-state index in [1.54, 1.807) is 11.1 Å². The lowest BCUT2D eigenvalue weighted by Gasteiger charge is -2.18. The highest BCUT2D eigenvalue weighted by molar-refractivity contribution is 5.32. The van der Waals surface area contributed by atoms with Crippen LogP contribution in [0.2, 0.25) is 0 Å². The first-order valence-electron chi connectivity index (χ1n) is 6.35. The van der Waals surface area contributed by atoms with Crippen LogP contribution in [0.1, 0.15) is 64.2 Å². The second-order valence-electron chi connectivity index (χ2n) is 4.66. The molecule has 0 atom stereocenters. The highest BCUT2D eigenvalue weighted by Gasteiger charge is 2.09. The van der Waals surface area contributed by atoms with Crippen molar-refractivity contribution < 1.29 is 0 Å². The largest absolute Gasteiger partial charge is 0.0811 e. The van der Waals surface area contributed by atoms with Crippen molar-refractivity contribution in [1.29, 1.82) is 0 Å². The molecule has 0 saturated carbocycles. The van der Waals surface area contributed by atoms with Gasteiger partial charge in [0.15, 0.2) is 0 Å². The maximum Gasteiger partial charge on any atom is -0.0279 e. The molecule has 78 valence electrons. The molecule has 0 heterocycles. The minimum absolute atomic E-state index is 1.33. The first-order chi connectivity index (χ1) is 6.97. The van der Waals surface area contributed by atoms with Crippen LogP contribution in [0.15, 0.2) is 23.3 Å². The third kappa shape index (κ3) is 2.73. The molecule has 0 spiro atoms. The van der Waals surface area contributed by atoms with E-state index in [2.05, 4.69) is 12.2 Å². The number of hydrogen-bond acceptors (Lipinski definition) is 0. The zero-order valence-electron chi connectivity index (χ0n) is 9.23. The van der Waals surface area contributed by atoms with Crippen molar-refractivity contribution in [2.75, 3.05) is 0 Å². The first-order valence-corrected chi connectivity index (χ1v) is 6.35. The van der Waals surface area contributed by atoms with Gasteiger partial charge in [-0.15, -0.1) is 0 Å². The first kappa shape index (κ1) is 10.0. The summed E-state index contributed by atoms with van der Waals surface area (Å²) in [6, 6.07) is 0. The summed E-state index contributed by atoms with van der Waals surface area (Å²) in [7, 11) is 0. The standard InChI is InChI=1S/C14H22/c1-2-5-9-13(10-6-3-1)14-11-7-4-8-12-14/h9,11H,1-8,10,12H2. The minimum atomic E-state index is 1.33. The molecule has 0 fully saturated rings. The summed E-state index contributed by atoms with van der Waals surface area (Å²) < 4.78 is 0. The van der Waals surface area contributed by atoms with Gasteiger partial charge >= 0.3 is 0 Å². The maximum atomic E-state index is 2.52. The number of hydrogen-bond donors (Lipinski definition) is 0. The van der Waals surface area contributed by atoms with E-state index in [4.69, 9.17) is 0 Å². The lowest BCUT2D eigenvalue weighted by atomic mass is 9.88. The zero-order chi connectivity index (χ0) is 9.64. The highest BCUT2D eigenvalue weighted by atomic mass is 14.2. The molecule has 0 nitrogen and oxygen atoms in total. The summed E-state index contributed by atoms with van der Waals surface area (Å²) >= 11 is 0. The molecule has 0 heteroatoms. The fraction of sp³-hybridized carbons (Fsp3) is 0.714. The van der Waals surface area contributed by atoms with Gasteiger partial charge in [-0.2, -0.15) is 0 Å². The Balaban J connectivity index is 2.02. The van der Waals surface area contributed by atoms with E-state index in [9.17, 15) is 0 Å². The monoisotopic (exact) mass is 190 g/mol. The van der Waals surface area contributed by atoms with Crippen LogP contribution in [0.3, 0.4) is 0 Å². The van der Waals surface area contributed by atoms with E-state index in [0.29, 0.717) is 0 Å². The molecule has 14 heavy (non-hydrogen) atoms. The van der Waals surface area contributed by atoms with Gasteiger partial charge in [0.25, 0.3) is 0 Å². The van der Waals surface area contributed by atoms with E-state index in [1.807, 2.05) is 0 Å². The number of rotatable bonds is 1. The molecule has 0 aromatic rings. The van der Waals surface area contributed by atoms with Crippen LogP contribution >= 0.6 is 0 Å². The van der Waals surface area contributed by atoms with E-state index < -0.39 is 0 Å². The summed E-state index contributed by atoms with van der Waals surface area (Å²) in [5.74, 6) is 0. The summed E-state index contributed by atoms with van der Waals surface area (Å²) in [6.07, 6.45) is 18.9. The van der Waals surface area contributed by atoms with Crippen molar-refractivity contribution in [3.8, 4) is 0 Å². The summed E-state index contributed by atoms with van der Waals surface area (Å²) in [4.78, 5) is 0. The quantitative estimate of drug-likeness (QED) is 0.559. The van der Waals surface area contributed by atoms with Gasteiger partial charge in [-0.1, -0.05) is 25.0 Å². The fourth-order valence-electron chi connectivity index (χ4n) is 2.61. The van der Waals surface area contributed by atoms with Crippen molar-refractivity contribution in [3.63, 3.8) is 0 Å². The maximum absolute atomic E-state index is 2.52. The van der Waals surface area contributed by atoms with Crippen LogP contribution in [-0.2, 0) is 0 Å². The van der Waals surface area contributed by atoms with Gasteiger partial charge in [-0.25, -0.2) is 0 Å². The summed E-state index contributed by atoms with van der Waals surface area (Å²) in [6.45, 7) is 0. The summed E-state index contributed by atoms with van der Waals surface area (Å²) in [5, 5.41) is 0. The van der Waals surface area contributed by atoms with Crippen LogP contribution in [0.4, 0.5) is 0 Å². The van der Waals surface area contributed by atoms with Crippen molar-refractivity contribution in [1.82, 2.24) is 0 Å². The molecule has 2 aliphatic rings. The fourth-order valence-corrected chi connectivity index (χ4v) is 2.61. The molecule has 0 radical (unpaired) electrons. The van der Waals surface area contributed by atoms with Crippen molar-refractivity contribution in [2.24, 2.45) is 0 Å². The normalized spacial score (nSPS) is 24.6. The molecule has 0 saturated heterocycles. The summed E-state index contributed by atoms with van der Waals surface area (Å²) in [5.41, 5.74) is 3.39. The van der Waals surface area contributed by atoms with Crippen LogP contribution in [0, 0.1) is 0 Å². The van der Waals surface area contributed by atoms with Crippen LogP contribution in [0.5, 0.6) is 0 Å². The molecule has 0 aliphatic heterocycles. The minimum Gasteiger partial charge on any atom is -0.0811 e. The Morgan fingerprint density at radius 1 is 0.571 bits per heavy atom. The molecule has 0 aromatic carbocycles. The van der Waals surface area contributed by atoms with E-state index >= 15 is 0 Å². The predicted molar refractivity (Wildman–Crippen MR) is 62.3 cm³/mol. The predicted octanol–water partition coefficient (Wildman–Crippen LogP) is 4.77. The average Bonchev–Trinajstić information content (AvgIpc) is 2.18. The van der Waals surface area contributed by atoms with Gasteiger partial charge < -0.3 is 0 Å². The Kier molecular flexibility index (Phi) is 3.85. The van der Waals surface area contributed by atoms with Gasteiger partial charge in [0.1, 0.15) is 0 Å². The molecule has 2 aliphatic carbocycles. The van der Waals surface area contributed by atoms with Crippen LogP contribution < -0.4 is 0 Å². The molecule has 0 aromatic heterocycles. The topological polar surface area (TPSA) is 0 Å². The Bertz CT molecular complexity index is 232. The third-order valence-corrected chi connectivity index (χ3v) is 3.49. The number of allylic oxidation sites excluding steroid dienone is 4. The molecule has 0 amide bonds. The van der Waals surface area contributed by atoms with E-state index in [1.165, 1.54) is 64.2 Å². The van der Waals surface area contributed by atoms with Gasteiger partial charge in [0.05, 0.1) is 0 Å². The average molecular weight is 190 g/mol. The third-order valence-electron chi connectivity index (χ3n) is 3.49. The Labute approximate surface area is 88.1 Å². The molecular weight excluding hydrogens is 168 g/mol. The van der Waals surface area contributed by atoms with Crippen LogP contribution in [-0.4, -0.2) is 0 Å². The van der Waals surface area contributed by atoms with Crippen molar-refractivity contribution >= 4 is 0 Å². The lowest BCUT2D eigenvalue weighted by Crippen LogP contribution is -1.98. The Morgan fingerprint density at radius 2 is 1.07 bits per heavy atom.